The first-order valence-electron chi connectivity index (χ1n) is 8.45. The first-order chi connectivity index (χ1) is 13.0. The first-order valence-corrected chi connectivity index (χ1v) is 8.45. The minimum Gasteiger partial charge on any atom is -0.350 e. The zero-order valence-corrected chi connectivity index (χ0v) is 15.1. The molecule has 1 heterocycles. The summed E-state index contributed by atoms with van der Waals surface area (Å²) in [4.78, 5) is 14.3. The highest BCUT2D eigenvalue weighted by Gasteiger charge is 2.19. The molecule has 1 amide bonds. The van der Waals surface area contributed by atoms with Gasteiger partial charge in [0.25, 0.3) is 5.91 Å². The number of benzene rings is 2. The smallest absolute Gasteiger partial charge is 0.254 e. The topological polar surface area (TPSA) is 50.2 Å². The highest BCUT2D eigenvalue weighted by atomic mass is 19.1. The van der Waals surface area contributed by atoms with Crippen molar-refractivity contribution in [1.82, 2.24) is 20.0 Å². The van der Waals surface area contributed by atoms with Crippen molar-refractivity contribution in [3.8, 4) is 5.69 Å². The fraction of sp³-hybridized carbons (Fsp3) is 0.200. The van der Waals surface area contributed by atoms with E-state index < -0.39 is 0 Å². The molecule has 0 unspecified atom stereocenters. The lowest BCUT2D eigenvalue weighted by molar-refractivity contribution is 0.0941. The number of carbonyl (C=O) groups excluding carboxylic acids is 1. The number of carbonyl (C=O) groups is 1. The average molecular weight is 370 g/mol. The summed E-state index contributed by atoms with van der Waals surface area (Å²) in [6.45, 7) is 0.245. The van der Waals surface area contributed by atoms with E-state index >= 15 is 0 Å². The number of nitrogens with one attached hydrogen (secondary N) is 1. The van der Waals surface area contributed by atoms with Crippen LogP contribution in [0.1, 0.15) is 22.0 Å². The summed E-state index contributed by atoms with van der Waals surface area (Å²) < 4.78 is 28.6. The van der Waals surface area contributed by atoms with Crippen molar-refractivity contribution < 1.29 is 13.6 Å². The van der Waals surface area contributed by atoms with E-state index in [1.54, 1.807) is 36.5 Å². The monoisotopic (exact) mass is 370 g/mol. The van der Waals surface area contributed by atoms with Crippen LogP contribution in [-0.2, 0) is 0 Å². The van der Waals surface area contributed by atoms with Crippen molar-refractivity contribution in [3.63, 3.8) is 0 Å². The Morgan fingerprint density at radius 1 is 1.15 bits per heavy atom. The van der Waals surface area contributed by atoms with Gasteiger partial charge in [-0.15, -0.1) is 0 Å². The van der Waals surface area contributed by atoms with Crippen molar-refractivity contribution in [3.05, 3.63) is 83.7 Å². The van der Waals surface area contributed by atoms with Gasteiger partial charge in [-0.3, -0.25) is 4.79 Å². The van der Waals surface area contributed by atoms with Crippen LogP contribution in [0.4, 0.5) is 8.78 Å². The van der Waals surface area contributed by atoms with Crippen LogP contribution < -0.4 is 5.32 Å². The summed E-state index contributed by atoms with van der Waals surface area (Å²) in [6, 6.07) is 12.0. The molecule has 3 aromatic rings. The number of hydrogen-bond acceptors (Lipinski definition) is 3. The third kappa shape index (κ3) is 4.38. The van der Waals surface area contributed by atoms with E-state index in [2.05, 4.69) is 10.4 Å². The van der Waals surface area contributed by atoms with Crippen molar-refractivity contribution in [2.24, 2.45) is 0 Å². The number of aromatic nitrogens is 2. The van der Waals surface area contributed by atoms with E-state index in [9.17, 15) is 13.6 Å². The van der Waals surface area contributed by atoms with E-state index in [1.165, 1.54) is 29.1 Å². The van der Waals surface area contributed by atoms with Gasteiger partial charge in [-0.1, -0.05) is 18.2 Å². The van der Waals surface area contributed by atoms with Gasteiger partial charge >= 0.3 is 0 Å². The van der Waals surface area contributed by atoms with Crippen LogP contribution in [0.3, 0.4) is 0 Å². The van der Waals surface area contributed by atoms with Crippen molar-refractivity contribution in [1.29, 1.82) is 0 Å². The average Bonchev–Trinajstić information content (AvgIpc) is 3.14. The molecule has 27 heavy (non-hydrogen) atoms. The lowest BCUT2D eigenvalue weighted by Crippen LogP contribution is -2.34. The van der Waals surface area contributed by atoms with Crippen LogP contribution in [0.5, 0.6) is 0 Å². The van der Waals surface area contributed by atoms with Crippen LogP contribution in [-0.4, -0.2) is 41.2 Å². The van der Waals surface area contributed by atoms with Crippen molar-refractivity contribution in [2.75, 3.05) is 20.6 Å². The Kier molecular flexibility index (Phi) is 5.61. The lowest BCUT2D eigenvalue weighted by atomic mass is 10.1. The Hall–Kier alpha value is -3.06. The fourth-order valence-electron chi connectivity index (χ4n) is 2.78. The molecule has 0 aliphatic heterocycles. The van der Waals surface area contributed by atoms with Crippen LogP contribution in [0.15, 0.2) is 60.9 Å². The minimum atomic E-state index is -0.341. The molecule has 140 valence electrons. The molecule has 0 fully saturated rings. The van der Waals surface area contributed by atoms with Gasteiger partial charge < -0.3 is 10.2 Å². The molecule has 0 saturated carbocycles. The summed E-state index contributed by atoms with van der Waals surface area (Å²) in [6.07, 6.45) is 3.00. The van der Waals surface area contributed by atoms with Crippen molar-refractivity contribution >= 4 is 5.91 Å². The quantitative estimate of drug-likeness (QED) is 0.725. The van der Waals surface area contributed by atoms with Gasteiger partial charge in [0.1, 0.15) is 11.6 Å². The molecule has 0 saturated heterocycles. The minimum absolute atomic E-state index is 0.245. The molecule has 0 spiro atoms. The Bertz CT molecular complexity index is 922. The molecule has 1 atom stereocenters. The third-order valence-corrected chi connectivity index (χ3v) is 4.28. The lowest BCUT2D eigenvalue weighted by Gasteiger charge is -2.25. The van der Waals surface area contributed by atoms with Crippen LogP contribution in [0, 0.1) is 11.6 Å². The third-order valence-electron chi connectivity index (χ3n) is 4.28. The van der Waals surface area contributed by atoms with Gasteiger partial charge in [0.05, 0.1) is 23.5 Å². The molecule has 0 aliphatic carbocycles. The second-order valence-corrected chi connectivity index (χ2v) is 6.36. The molecule has 5 nitrogen and oxygen atoms in total. The Balaban J connectivity index is 1.70. The summed E-state index contributed by atoms with van der Waals surface area (Å²) >= 11 is 0. The van der Waals surface area contributed by atoms with Gasteiger partial charge in [-0.2, -0.15) is 5.10 Å². The van der Waals surface area contributed by atoms with E-state index in [0.717, 1.165) is 0 Å². The van der Waals surface area contributed by atoms with Gasteiger partial charge in [0, 0.05) is 18.3 Å². The summed E-state index contributed by atoms with van der Waals surface area (Å²) in [7, 11) is 3.66. The van der Waals surface area contributed by atoms with E-state index in [4.69, 9.17) is 0 Å². The molecular weight excluding hydrogens is 350 g/mol. The second-order valence-electron chi connectivity index (χ2n) is 6.36. The van der Waals surface area contributed by atoms with Gasteiger partial charge in [0.2, 0.25) is 0 Å². The standard InChI is InChI=1S/C20H20F2N4O/c1-25(2)19(17-5-3-4-6-18(17)22)12-23-20(27)14-11-24-26(13-14)16-9-7-15(21)8-10-16/h3-11,13,19H,12H2,1-2H3,(H,23,27)/t19-/m1/s1. The zero-order chi connectivity index (χ0) is 19.4. The Morgan fingerprint density at radius 2 is 1.85 bits per heavy atom. The summed E-state index contributed by atoms with van der Waals surface area (Å²) in [5.74, 6) is -0.965. The van der Waals surface area contributed by atoms with E-state index in [1.807, 2.05) is 19.0 Å². The number of amides is 1. The maximum Gasteiger partial charge on any atom is 0.254 e. The molecule has 7 heteroatoms. The number of hydrogen-bond donors (Lipinski definition) is 1. The van der Waals surface area contributed by atoms with Gasteiger partial charge in [0.15, 0.2) is 0 Å². The Labute approximate surface area is 156 Å². The summed E-state index contributed by atoms with van der Waals surface area (Å²) in [5.41, 5.74) is 1.53. The normalized spacial score (nSPS) is 12.2. The van der Waals surface area contributed by atoms with Crippen molar-refractivity contribution in [2.45, 2.75) is 6.04 Å². The zero-order valence-electron chi connectivity index (χ0n) is 15.1. The maximum atomic E-state index is 14.1. The van der Waals surface area contributed by atoms with Crippen LogP contribution in [0.2, 0.25) is 0 Å². The molecule has 1 aromatic heterocycles. The summed E-state index contributed by atoms with van der Waals surface area (Å²) in [5, 5.41) is 6.95. The molecular formula is C20H20F2N4O. The number of likely N-dealkylation sites (N-methyl/N-ethyl adjacent to an activating group) is 1. The highest BCUT2D eigenvalue weighted by Crippen LogP contribution is 2.20. The molecule has 0 bridgehead atoms. The largest absolute Gasteiger partial charge is 0.350 e. The molecule has 2 aromatic carbocycles. The first kappa shape index (κ1) is 18.7. The molecule has 0 aliphatic rings. The number of nitrogens with zero attached hydrogens (tertiary/aromatic N) is 3. The predicted octanol–water partition coefficient (Wildman–Crippen LogP) is 3.18. The SMILES string of the molecule is CN(C)[C@H](CNC(=O)c1cnn(-c2ccc(F)cc2)c1)c1ccccc1F. The second kappa shape index (κ2) is 8.09. The molecule has 3 rings (SSSR count). The number of rotatable bonds is 6. The molecule has 0 radical (unpaired) electrons. The maximum absolute atomic E-state index is 14.1. The van der Waals surface area contributed by atoms with E-state index in [0.29, 0.717) is 16.8 Å². The van der Waals surface area contributed by atoms with Crippen LogP contribution >= 0.6 is 0 Å². The highest BCUT2D eigenvalue weighted by molar-refractivity contribution is 5.93. The van der Waals surface area contributed by atoms with Gasteiger partial charge in [-0.05, 0) is 44.4 Å². The molecule has 1 N–H and O–H groups in total. The van der Waals surface area contributed by atoms with E-state index in [-0.39, 0.29) is 30.1 Å². The Morgan fingerprint density at radius 3 is 2.52 bits per heavy atom. The van der Waals surface area contributed by atoms with Crippen LogP contribution in [0.25, 0.3) is 5.69 Å². The number of halogens is 2. The van der Waals surface area contributed by atoms with Gasteiger partial charge in [-0.25, -0.2) is 13.5 Å². The fourth-order valence-corrected chi connectivity index (χ4v) is 2.78. The predicted molar refractivity (Wildman–Crippen MR) is 98.7 cm³/mol.